The number of phenols is 1. The van der Waals surface area contributed by atoms with Crippen LogP contribution in [-0.4, -0.2) is 17.2 Å². The molecule has 3 rings (SSSR count). The molecule has 0 atom stereocenters. The number of benzene rings is 2. The Morgan fingerprint density at radius 2 is 1.91 bits per heavy atom. The number of hydrogen-bond acceptors (Lipinski definition) is 3. The summed E-state index contributed by atoms with van der Waals surface area (Å²) in [5.74, 6) is 0.219. The summed E-state index contributed by atoms with van der Waals surface area (Å²) in [5.41, 5.74) is 3.24. The van der Waals surface area contributed by atoms with Gasteiger partial charge in [-0.3, -0.25) is 4.79 Å². The number of carbonyl (C=O) groups excluding carboxylic acids is 1. The lowest BCUT2D eigenvalue weighted by Gasteiger charge is -2.19. The van der Waals surface area contributed by atoms with Gasteiger partial charge in [-0.25, -0.2) is 5.43 Å². The lowest BCUT2D eigenvalue weighted by atomic mass is 9.89. The fraction of sp³-hybridized carbons (Fsp3) is 0.333. The van der Waals surface area contributed by atoms with Crippen molar-refractivity contribution >= 4 is 22.9 Å². The molecule has 2 N–H and O–H groups in total. The molecule has 4 nitrogen and oxygen atoms in total. The predicted molar refractivity (Wildman–Crippen MR) is 87.9 cm³/mol. The van der Waals surface area contributed by atoms with Gasteiger partial charge < -0.3 is 5.11 Å². The molecule has 0 saturated heterocycles. The first-order valence-corrected chi connectivity index (χ1v) is 7.79. The zero-order valence-electron chi connectivity index (χ0n) is 12.5. The molecule has 0 aliphatic heterocycles. The normalized spacial score (nSPS) is 16.2. The van der Waals surface area contributed by atoms with E-state index in [1.807, 2.05) is 30.3 Å². The first kappa shape index (κ1) is 14.6. The second-order valence-electron chi connectivity index (χ2n) is 5.79. The molecule has 4 heteroatoms. The van der Waals surface area contributed by atoms with Gasteiger partial charge in [-0.2, -0.15) is 5.10 Å². The van der Waals surface area contributed by atoms with E-state index < -0.39 is 0 Å². The lowest BCUT2D eigenvalue weighted by Crippen LogP contribution is -2.28. The van der Waals surface area contributed by atoms with Gasteiger partial charge in [-0.15, -0.1) is 0 Å². The quantitative estimate of drug-likeness (QED) is 0.672. The molecule has 2 aromatic carbocycles. The third-order valence-corrected chi connectivity index (χ3v) is 4.29. The molecule has 0 bridgehead atoms. The zero-order chi connectivity index (χ0) is 15.4. The van der Waals surface area contributed by atoms with Gasteiger partial charge in [0.1, 0.15) is 5.75 Å². The molecule has 0 unspecified atom stereocenters. The van der Waals surface area contributed by atoms with E-state index in [-0.39, 0.29) is 17.6 Å². The zero-order valence-corrected chi connectivity index (χ0v) is 12.5. The number of fused-ring (bicyclic) bond motifs is 1. The smallest absolute Gasteiger partial charge is 0.243 e. The predicted octanol–water partition coefficient (Wildman–Crippen LogP) is 3.58. The fourth-order valence-electron chi connectivity index (χ4n) is 3.04. The van der Waals surface area contributed by atoms with Crippen molar-refractivity contribution in [3.8, 4) is 5.75 Å². The highest BCUT2D eigenvalue weighted by Crippen LogP contribution is 2.26. The molecule has 0 aromatic heterocycles. The van der Waals surface area contributed by atoms with Crippen LogP contribution in [-0.2, 0) is 4.79 Å². The van der Waals surface area contributed by atoms with Crippen LogP contribution in [0.4, 0.5) is 0 Å². The number of aromatic hydroxyl groups is 1. The minimum atomic E-state index is -0.0179. The first-order valence-electron chi connectivity index (χ1n) is 7.79. The van der Waals surface area contributed by atoms with E-state index in [9.17, 15) is 9.90 Å². The molecule has 22 heavy (non-hydrogen) atoms. The second kappa shape index (κ2) is 6.60. The highest BCUT2D eigenvalue weighted by molar-refractivity contribution is 6.02. The molecule has 1 fully saturated rings. The number of carbonyl (C=O) groups is 1. The number of hydrazone groups is 1. The Morgan fingerprint density at radius 3 is 2.73 bits per heavy atom. The molecule has 1 saturated carbocycles. The van der Waals surface area contributed by atoms with Crippen molar-refractivity contribution in [2.24, 2.45) is 11.0 Å². The van der Waals surface area contributed by atoms with E-state index >= 15 is 0 Å². The fourth-order valence-corrected chi connectivity index (χ4v) is 3.04. The van der Waals surface area contributed by atoms with Crippen LogP contribution in [0.3, 0.4) is 0 Å². The van der Waals surface area contributed by atoms with Gasteiger partial charge in [-0.05, 0) is 29.7 Å². The standard InChI is InChI=1S/C18H20N2O2/c21-17-11-10-13-6-4-5-9-15(13)16(17)12-19-20-18(22)14-7-2-1-3-8-14/h4-6,9-12,14,21H,1-3,7-8H2,(H,20,22)/b19-12-. The van der Waals surface area contributed by atoms with Crippen molar-refractivity contribution in [1.29, 1.82) is 0 Å². The molecule has 0 heterocycles. The maximum absolute atomic E-state index is 12.0. The Kier molecular flexibility index (Phi) is 4.37. The van der Waals surface area contributed by atoms with E-state index in [1.54, 1.807) is 6.07 Å². The van der Waals surface area contributed by atoms with Crippen molar-refractivity contribution in [3.63, 3.8) is 0 Å². The first-order chi connectivity index (χ1) is 10.8. The maximum atomic E-state index is 12.0. The van der Waals surface area contributed by atoms with Crippen LogP contribution in [0.25, 0.3) is 10.8 Å². The van der Waals surface area contributed by atoms with Crippen LogP contribution in [0.5, 0.6) is 5.75 Å². The van der Waals surface area contributed by atoms with Crippen LogP contribution in [0.1, 0.15) is 37.7 Å². The Hall–Kier alpha value is -2.36. The summed E-state index contributed by atoms with van der Waals surface area (Å²) in [5, 5.41) is 16.0. The average molecular weight is 296 g/mol. The second-order valence-corrected chi connectivity index (χ2v) is 5.79. The van der Waals surface area contributed by atoms with Crippen LogP contribution >= 0.6 is 0 Å². The Labute approximate surface area is 129 Å². The monoisotopic (exact) mass is 296 g/mol. The molecule has 0 radical (unpaired) electrons. The summed E-state index contributed by atoms with van der Waals surface area (Å²) in [6, 6.07) is 11.3. The molecule has 0 spiro atoms. The summed E-state index contributed by atoms with van der Waals surface area (Å²) in [7, 11) is 0. The number of amides is 1. The molecular formula is C18H20N2O2. The van der Waals surface area contributed by atoms with Crippen molar-refractivity contribution < 1.29 is 9.90 Å². The number of nitrogens with zero attached hydrogens (tertiary/aromatic N) is 1. The number of rotatable bonds is 3. The molecule has 2 aromatic rings. The highest BCUT2D eigenvalue weighted by Gasteiger charge is 2.20. The Morgan fingerprint density at radius 1 is 1.14 bits per heavy atom. The van der Waals surface area contributed by atoms with E-state index in [0.717, 1.165) is 36.5 Å². The summed E-state index contributed by atoms with van der Waals surface area (Å²) >= 11 is 0. The van der Waals surface area contributed by atoms with Crippen LogP contribution < -0.4 is 5.43 Å². The van der Waals surface area contributed by atoms with Gasteiger partial charge in [0.25, 0.3) is 0 Å². The third-order valence-electron chi connectivity index (χ3n) is 4.29. The SMILES string of the molecule is O=C(N/N=C\c1c(O)ccc2ccccc12)C1CCCCC1. The maximum Gasteiger partial charge on any atom is 0.243 e. The lowest BCUT2D eigenvalue weighted by molar-refractivity contribution is -0.125. The largest absolute Gasteiger partial charge is 0.507 e. The molecule has 1 aliphatic rings. The Bertz CT molecular complexity index is 703. The van der Waals surface area contributed by atoms with Gasteiger partial charge >= 0.3 is 0 Å². The molecule has 1 amide bonds. The molecule has 1 aliphatic carbocycles. The van der Waals surface area contributed by atoms with Crippen molar-refractivity contribution in [3.05, 3.63) is 42.0 Å². The van der Waals surface area contributed by atoms with Gasteiger partial charge in [-0.1, -0.05) is 49.6 Å². The Balaban J connectivity index is 1.75. The number of hydrogen-bond donors (Lipinski definition) is 2. The van der Waals surface area contributed by atoms with Gasteiger partial charge in [0.05, 0.1) is 6.21 Å². The van der Waals surface area contributed by atoms with Gasteiger partial charge in [0.15, 0.2) is 0 Å². The van der Waals surface area contributed by atoms with E-state index in [2.05, 4.69) is 10.5 Å². The van der Waals surface area contributed by atoms with Crippen LogP contribution in [0.2, 0.25) is 0 Å². The summed E-state index contributed by atoms with van der Waals surface area (Å²) in [6.07, 6.45) is 6.87. The minimum absolute atomic E-state index is 0.0179. The topological polar surface area (TPSA) is 61.7 Å². The van der Waals surface area contributed by atoms with Crippen LogP contribution in [0, 0.1) is 5.92 Å². The van der Waals surface area contributed by atoms with E-state index in [1.165, 1.54) is 12.6 Å². The number of nitrogens with one attached hydrogen (secondary N) is 1. The van der Waals surface area contributed by atoms with Gasteiger partial charge in [0.2, 0.25) is 5.91 Å². The van der Waals surface area contributed by atoms with Crippen molar-refractivity contribution in [1.82, 2.24) is 5.43 Å². The minimum Gasteiger partial charge on any atom is -0.507 e. The molecule has 114 valence electrons. The number of phenolic OH excluding ortho intramolecular Hbond substituents is 1. The summed E-state index contributed by atoms with van der Waals surface area (Å²) < 4.78 is 0. The average Bonchev–Trinajstić information content (AvgIpc) is 2.57. The van der Waals surface area contributed by atoms with Gasteiger partial charge in [0, 0.05) is 11.5 Å². The van der Waals surface area contributed by atoms with Crippen LogP contribution in [0.15, 0.2) is 41.5 Å². The van der Waals surface area contributed by atoms with E-state index in [4.69, 9.17) is 0 Å². The highest BCUT2D eigenvalue weighted by atomic mass is 16.3. The van der Waals surface area contributed by atoms with Crippen molar-refractivity contribution in [2.45, 2.75) is 32.1 Å². The van der Waals surface area contributed by atoms with E-state index in [0.29, 0.717) is 5.56 Å². The van der Waals surface area contributed by atoms with Crippen molar-refractivity contribution in [2.75, 3.05) is 0 Å². The summed E-state index contributed by atoms with van der Waals surface area (Å²) in [4.78, 5) is 12.0. The molecular weight excluding hydrogens is 276 g/mol. The third kappa shape index (κ3) is 3.11. The summed E-state index contributed by atoms with van der Waals surface area (Å²) in [6.45, 7) is 0.